The SMILES string of the molecule is COC(=O)c1cc(-c2nc(-c3ccno3)cs2)c(SC)s1. The number of esters is 1. The number of ether oxygens (including phenoxy) is 1. The summed E-state index contributed by atoms with van der Waals surface area (Å²) in [6.07, 6.45) is 3.56. The van der Waals surface area contributed by atoms with Crippen molar-refractivity contribution in [2.75, 3.05) is 13.4 Å². The first-order valence-electron chi connectivity index (χ1n) is 5.86. The second-order valence-corrected chi connectivity index (χ2v) is 6.91. The van der Waals surface area contributed by atoms with E-state index in [2.05, 4.69) is 10.1 Å². The molecule has 0 unspecified atom stereocenters. The van der Waals surface area contributed by atoms with Gasteiger partial charge in [0.2, 0.25) is 0 Å². The van der Waals surface area contributed by atoms with Crippen LogP contribution in [0.25, 0.3) is 22.0 Å². The van der Waals surface area contributed by atoms with Crippen molar-refractivity contribution >= 4 is 40.4 Å². The Kier molecular flexibility index (Phi) is 4.09. The Morgan fingerprint density at radius 3 is 3.00 bits per heavy atom. The predicted octanol–water partition coefficient (Wildman–Crippen LogP) is 4.04. The molecule has 0 fully saturated rings. The van der Waals surface area contributed by atoms with Crippen molar-refractivity contribution in [3.63, 3.8) is 0 Å². The van der Waals surface area contributed by atoms with Crippen molar-refractivity contribution in [3.05, 3.63) is 28.6 Å². The summed E-state index contributed by atoms with van der Waals surface area (Å²) in [7, 11) is 1.38. The van der Waals surface area contributed by atoms with Gasteiger partial charge in [0.15, 0.2) is 5.76 Å². The highest BCUT2D eigenvalue weighted by Crippen LogP contribution is 2.40. The van der Waals surface area contributed by atoms with Gasteiger partial charge in [0.05, 0.1) is 17.5 Å². The number of thiophene rings is 1. The van der Waals surface area contributed by atoms with Crippen LogP contribution in [0.1, 0.15) is 9.67 Å². The summed E-state index contributed by atoms with van der Waals surface area (Å²) in [6.45, 7) is 0. The molecule has 108 valence electrons. The molecule has 21 heavy (non-hydrogen) atoms. The van der Waals surface area contributed by atoms with E-state index in [0.29, 0.717) is 10.6 Å². The van der Waals surface area contributed by atoms with E-state index in [-0.39, 0.29) is 5.97 Å². The summed E-state index contributed by atoms with van der Waals surface area (Å²) in [5, 5.41) is 6.44. The normalized spacial score (nSPS) is 10.8. The molecule has 0 atom stereocenters. The number of hydrogen-bond donors (Lipinski definition) is 0. The Morgan fingerprint density at radius 2 is 2.33 bits per heavy atom. The van der Waals surface area contributed by atoms with Crippen LogP contribution in [0.2, 0.25) is 0 Å². The van der Waals surface area contributed by atoms with Crippen molar-refractivity contribution in [1.29, 1.82) is 0 Å². The van der Waals surface area contributed by atoms with Crippen LogP contribution in [0.4, 0.5) is 0 Å². The topological polar surface area (TPSA) is 65.2 Å². The highest BCUT2D eigenvalue weighted by Gasteiger charge is 2.19. The third-order valence-corrected chi connectivity index (χ3v) is 5.82. The molecule has 0 aliphatic heterocycles. The Balaban J connectivity index is 2.00. The number of methoxy groups -OCH3 is 1. The van der Waals surface area contributed by atoms with E-state index in [0.717, 1.165) is 20.5 Å². The Hall–Kier alpha value is -1.64. The molecule has 3 aromatic heterocycles. The van der Waals surface area contributed by atoms with Gasteiger partial charge >= 0.3 is 5.97 Å². The van der Waals surface area contributed by atoms with E-state index in [1.54, 1.807) is 24.0 Å². The molecule has 5 nitrogen and oxygen atoms in total. The minimum absolute atomic E-state index is 0.325. The van der Waals surface area contributed by atoms with E-state index < -0.39 is 0 Å². The van der Waals surface area contributed by atoms with Crippen LogP contribution in [0.15, 0.2) is 32.4 Å². The molecule has 0 radical (unpaired) electrons. The lowest BCUT2D eigenvalue weighted by molar-refractivity contribution is 0.0606. The van der Waals surface area contributed by atoms with Gasteiger partial charge in [0.1, 0.15) is 15.6 Å². The van der Waals surface area contributed by atoms with E-state index in [4.69, 9.17) is 9.26 Å². The third-order valence-electron chi connectivity index (χ3n) is 2.69. The Morgan fingerprint density at radius 1 is 1.48 bits per heavy atom. The van der Waals surface area contributed by atoms with Crippen LogP contribution in [-0.4, -0.2) is 29.5 Å². The standard InChI is InChI=1S/C13H10N2O3S3/c1-17-12(16)10-5-7(13(19-2)21-10)11-15-8(6-20-11)9-3-4-14-18-9/h3-6H,1-2H3. The number of nitrogens with zero attached hydrogens (tertiary/aromatic N) is 2. The molecule has 0 amide bonds. The van der Waals surface area contributed by atoms with E-state index >= 15 is 0 Å². The van der Waals surface area contributed by atoms with Crippen molar-refractivity contribution in [3.8, 4) is 22.0 Å². The van der Waals surface area contributed by atoms with E-state index in [9.17, 15) is 4.79 Å². The molecule has 0 N–H and O–H groups in total. The molecule has 3 rings (SSSR count). The third kappa shape index (κ3) is 2.74. The summed E-state index contributed by atoms with van der Waals surface area (Å²) < 4.78 is 10.9. The molecule has 0 aromatic carbocycles. The highest BCUT2D eigenvalue weighted by atomic mass is 32.2. The summed E-state index contributed by atoms with van der Waals surface area (Å²) >= 11 is 4.51. The van der Waals surface area contributed by atoms with Crippen LogP contribution in [0, 0.1) is 0 Å². The van der Waals surface area contributed by atoms with E-state index in [1.807, 2.05) is 17.7 Å². The summed E-state index contributed by atoms with van der Waals surface area (Å²) in [4.78, 5) is 16.8. The monoisotopic (exact) mass is 338 g/mol. The quantitative estimate of drug-likeness (QED) is 0.528. The van der Waals surface area contributed by atoms with Gasteiger partial charge in [-0.3, -0.25) is 0 Å². The fourth-order valence-corrected chi connectivity index (χ4v) is 4.48. The molecule has 0 saturated carbocycles. The van der Waals surface area contributed by atoms with Crippen molar-refractivity contribution in [2.24, 2.45) is 0 Å². The number of rotatable bonds is 4. The van der Waals surface area contributed by atoms with Gasteiger partial charge < -0.3 is 9.26 Å². The second kappa shape index (κ2) is 6.00. The lowest BCUT2D eigenvalue weighted by atomic mass is 10.3. The first-order chi connectivity index (χ1) is 10.2. The maximum absolute atomic E-state index is 11.7. The van der Waals surface area contributed by atoms with Gasteiger partial charge in [-0.15, -0.1) is 34.4 Å². The van der Waals surface area contributed by atoms with Gasteiger partial charge in [-0.25, -0.2) is 9.78 Å². The smallest absolute Gasteiger partial charge is 0.348 e. The van der Waals surface area contributed by atoms with Crippen molar-refractivity contribution < 1.29 is 14.1 Å². The molecule has 0 aliphatic rings. The zero-order chi connectivity index (χ0) is 14.8. The second-order valence-electron chi connectivity index (χ2n) is 3.92. The number of aromatic nitrogens is 2. The first kappa shape index (κ1) is 14.3. The van der Waals surface area contributed by atoms with Gasteiger partial charge in [-0.2, -0.15) is 0 Å². The van der Waals surface area contributed by atoms with Crippen molar-refractivity contribution in [2.45, 2.75) is 4.21 Å². The van der Waals surface area contributed by atoms with Crippen LogP contribution < -0.4 is 0 Å². The predicted molar refractivity (Wildman–Crippen MR) is 84.0 cm³/mol. The largest absolute Gasteiger partial charge is 0.465 e. The molecule has 3 heterocycles. The number of carbonyl (C=O) groups is 1. The average molecular weight is 338 g/mol. The van der Waals surface area contributed by atoms with Crippen LogP contribution in [0.3, 0.4) is 0 Å². The zero-order valence-electron chi connectivity index (χ0n) is 11.2. The van der Waals surface area contributed by atoms with E-state index in [1.165, 1.54) is 29.8 Å². The summed E-state index contributed by atoms with van der Waals surface area (Å²) in [6, 6.07) is 3.59. The lowest BCUT2D eigenvalue weighted by Crippen LogP contribution is -1.96. The lowest BCUT2D eigenvalue weighted by Gasteiger charge is -1.94. The molecule has 0 aliphatic carbocycles. The van der Waals surface area contributed by atoms with Gasteiger partial charge in [-0.1, -0.05) is 5.16 Å². The Labute approximate surface area is 133 Å². The fraction of sp³-hybridized carbons (Fsp3) is 0.154. The molecule has 3 aromatic rings. The molecule has 0 saturated heterocycles. The number of carbonyl (C=O) groups excluding carboxylic acids is 1. The minimum Gasteiger partial charge on any atom is -0.465 e. The van der Waals surface area contributed by atoms with Crippen LogP contribution >= 0.6 is 34.4 Å². The average Bonchev–Trinajstić information content (AvgIpc) is 3.22. The number of thiazole rings is 1. The van der Waals surface area contributed by atoms with Gasteiger partial charge in [-0.05, 0) is 12.3 Å². The summed E-state index contributed by atoms with van der Waals surface area (Å²) in [5.74, 6) is 0.306. The zero-order valence-corrected chi connectivity index (χ0v) is 13.6. The maximum Gasteiger partial charge on any atom is 0.348 e. The number of hydrogen-bond acceptors (Lipinski definition) is 8. The minimum atomic E-state index is -0.325. The Bertz CT molecular complexity index is 762. The molecular weight excluding hydrogens is 328 g/mol. The van der Waals surface area contributed by atoms with Crippen molar-refractivity contribution in [1.82, 2.24) is 10.1 Å². The highest BCUT2D eigenvalue weighted by molar-refractivity contribution is 8.00. The van der Waals surface area contributed by atoms with Gasteiger partial charge in [0.25, 0.3) is 0 Å². The maximum atomic E-state index is 11.7. The number of thioether (sulfide) groups is 1. The van der Waals surface area contributed by atoms with Crippen LogP contribution in [0.5, 0.6) is 0 Å². The van der Waals surface area contributed by atoms with Crippen LogP contribution in [-0.2, 0) is 4.74 Å². The fourth-order valence-electron chi connectivity index (χ4n) is 1.73. The first-order valence-corrected chi connectivity index (χ1v) is 8.78. The molecule has 0 spiro atoms. The van der Waals surface area contributed by atoms with Gasteiger partial charge in [0, 0.05) is 17.0 Å². The summed E-state index contributed by atoms with van der Waals surface area (Å²) in [5.41, 5.74) is 1.69. The molecule has 0 bridgehead atoms. The molecular formula is C13H10N2O3S3. The molecule has 8 heteroatoms.